The average molecular weight is 212 g/mol. The first-order valence-electron chi connectivity index (χ1n) is 4.78. The van der Waals surface area contributed by atoms with E-state index >= 15 is 0 Å². The van der Waals surface area contributed by atoms with Crippen molar-refractivity contribution in [1.82, 2.24) is 4.98 Å². The molecule has 0 saturated heterocycles. The van der Waals surface area contributed by atoms with Crippen LogP contribution in [0.25, 0.3) is 0 Å². The molecule has 1 aromatic heterocycles. The maximum absolute atomic E-state index is 11.0. The van der Waals surface area contributed by atoms with Gasteiger partial charge in [0.1, 0.15) is 5.78 Å². The van der Waals surface area contributed by atoms with Gasteiger partial charge in [0.05, 0.1) is 0 Å². The SMILES string of the molecule is Cl.O=C1CCC(c2ccncc2)CC1. The van der Waals surface area contributed by atoms with Gasteiger partial charge in [-0.2, -0.15) is 0 Å². The number of Topliss-reactive ketones (excluding diaryl/α,β-unsaturated/α-hetero) is 1. The molecule has 0 radical (unpaired) electrons. The van der Waals surface area contributed by atoms with Crippen LogP contribution in [0.15, 0.2) is 24.5 Å². The Morgan fingerprint density at radius 3 is 2.29 bits per heavy atom. The van der Waals surface area contributed by atoms with Crippen LogP contribution in [0.3, 0.4) is 0 Å². The summed E-state index contributed by atoms with van der Waals surface area (Å²) < 4.78 is 0. The first kappa shape index (κ1) is 11.2. The van der Waals surface area contributed by atoms with E-state index in [2.05, 4.69) is 17.1 Å². The van der Waals surface area contributed by atoms with Gasteiger partial charge in [-0.3, -0.25) is 9.78 Å². The van der Waals surface area contributed by atoms with Gasteiger partial charge in [-0.15, -0.1) is 12.4 Å². The van der Waals surface area contributed by atoms with Crippen LogP contribution in [0.4, 0.5) is 0 Å². The van der Waals surface area contributed by atoms with Gasteiger partial charge >= 0.3 is 0 Å². The predicted octanol–water partition coefficient (Wildman–Crippen LogP) is 2.73. The summed E-state index contributed by atoms with van der Waals surface area (Å²) in [7, 11) is 0. The van der Waals surface area contributed by atoms with Crippen molar-refractivity contribution in [3.05, 3.63) is 30.1 Å². The molecule has 3 heteroatoms. The van der Waals surface area contributed by atoms with Gasteiger partial charge < -0.3 is 0 Å². The number of hydrogen-bond donors (Lipinski definition) is 0. The van der Waals surface area contributed by atoms with Crippen LogP contribution >= 0.6 is 12.4 Å². The fourth-order valence-corrected chi connectivity index (χ4v) is 1.91. The zero-order valence-corrected chi connectivity index (χ0v) is 8.80. The van der Waals surface area contributed by atoms with Crippen molar-refractivity contribution in [2.45, 2.75) is 31.6 Å². The lowest BCUT2D eigenvalue weighted by molar-refractivity contribution is -0.120. The highest BCUT2D eigenvalue weighted by atomic mass is 35.5. The summed E-state index contributed by atoms with van der Waals surface area (Å²) in [6.07, 6.45) is 7.20. The van der Waals surface area contributed by atoms with Crippen LogP contribution in [0.2, 0.25) is 0 Å². The molecule has 0 aromatic carbocycles. The largest absolute Gasteiger partial charge is 0.300 e. The highest BCUT2D eigenvalue weighted by Crippen LogP contribution is 2.30. The van der Waals surface area contributed by atoms with E-state index in [9.17, 15) is 4.79 Å². The van der Waals surface area contributed by atoms with Crippen molar-refractivity contribution in [3.8, 4) is 0 Å². The van der Waals surface area contributed by atoms with E-state index in [1.165, 1.54) is 5.56 Å². The monoisotopic (exact) mass is 211 g/mol. The maximum atomic E-state index is 11.0. The zero-order valence-electron chi connectivity index (χ0n) is 7.98. The molecule has 2 rings (SSSR count). The fourth-order valence-electron chi connectivity index (χ4n) is 1.91. The number of halogens is 1. The molecule has 0 aliphatic heterocycles. The van der Waals surface area contributed by atoms with Crippen molar-refractivity contribution in [2.24, 2.45) is 0 Å². The number of rotatable bonds is 1. The van der Waals surface area contributed by atoms with Gasteiger partial charge in [0.25, 0.3) is 0 Å². The van der Waals surface area contributed by atoms with Gasteiger partial charge in [0, 0.05) is 25.2 Å². The summed E-state index contributed by atoms with van der Waals surface area (Å²) in [6.45, 7) is 0. The van der Waals surface area contributed by atoms with E-state index in [0.29, 0.717) is 11.7 Å². The van der Waals surface area contributed by atoms with Crippen LogP contribution in [0.5, 0.6) is 0 Å². The van der Waals surface area contributed by atoms with Gasteiger partial charge in [-0.25, -0.2) is 0 Å². The smallest absolute Gasteiger partial charge is 0.132 e. The van der Waals surface area contributed by atoms with Gasteiger partial charge in [-0.05, 0) is 36.5 Å². The molecule has 1 aliphatic rings. The van der Waals surface area contributed by atoms with E-state index in [4.69, 9.17) is 0 Å². The van der Waals surface area contributed by atoms with E-state index in [1.54, 1.807) is 0 Å². The summed E-state index contributed by atoms with van der Waals surface area (Å²) in [5.41, 5.74) is 1.34. The molecule has 2 nitrogen and oxygen atoms in total. The Balaban J connectivity index is 0.000000980. The molecule has 0 amide bonds. The molecule has 1 aliphatic carbocycles. The summed E-state index contributed by atoms with van der Waals surface area (Å²) in [4.78, 5) is 15.0. The molecule has 1 heterocycles. The molecule has 1 aromatic rings. The molecule has 0 spiro atoms. The van der Waals surface area contributed by atoms with Gasteiger partial charge in [0.15, 0.2) is 0 Å². The number of hydrogen-bond acceptors (Lipinski definition) is 2. The third-order valence-corrected chi connectivity index (χ3v) is 2.72. The van der Waals surface area contributed by atoms with E-state index in [1.807, 2.05) is 12.4 Å². The molecule has 76 valence electrons. The molecule has 0 atom stereocenters. The Labute approximate surface area is 90.1 Å². The lowest BCUT2D eigenvalue weighted by atomic mass is 9.84. The molecule has 14 heavy (non-hydrogen) atoms. The number of carbonyl (C=O) groups excluding carboxylic acids is 1. The van der Waals surface area contributed by atoms with Crippen LogP contribution < -0.4 is 0 Å². The van der Waals surface area contributed by atoms with Crippen molar-refractivity contribution in [2.75, 3.05) is 0 Å². The zero-order chi connectivity index (χ0) is 9.10. The van der Waals surface area contributed by atoms with E-state index < -0.39 is 0 Å². The van der Waals surface area contributed by atoms with Crippen LogP contribution in [0, 0.1) is 0 Å². The molecule has 1 fully saturated rings. The topological polar surface area (TPSA) is 30.0 Å². The van der Waals surface area contributed by atoms with Crippen molar-refractivity contribution >= 4 is 18.2 Å². The molecular weight excluding hydrogens is 198 g/mol. The third-order valence-electron chi connectivity index (χ3n) is 2.72. The highest BCUT2D eigenvalue weighted by molar-refractivity contribution is 5.85. The van der Waals surface area contributed by atoms with Crippen LogP contribution in [-0.4, -0.2) is 10.8 Å². The van der Waals surface area contributed by atoms with Crippen LogP contribution in [0.1, 0.15) is 37.2 Å². The minimum Gasteiger partial charge on any atom is -0.300 e. The normalized spacial score (nSPS) is 17.6. The maximum Gasteiger partial charge on any atom is 0.132 e. The fraction of sp³-hybridized carbons (Fsp3) is 0.455. The van der Waals surface area contributed by atoms with Crippen molar-refractivity contribution in [3.63, 3.8) is 0 Å². The van der Waals surface area contributed by atoms with E-state index in [0.717, 1.165) is 25.7 Å². The molecule has 0 N–H and O–H groups in total. The minimum absolute atomic E-state index is 0. The first-order valence-corrected chi connectivity index (χ1v) is 4.78. The molecule has 1 saturated carbocycles. The van der Waals surface area contributed by atoms with Gasteiger partial charge in [-0.1, -0.05) is 0 Å². The molecular formula is C11H14ClNO. The van der Waals surface area contributed by atoms with Crippen molar-refractivity contribution < 1.29 is 4.79 Å². The lowest BCUT2D eigenvalue weighted by Gasteiger charge is -2.20. The predicted molar refractivity (Wildman–Crippen MR) is 57.7 cm³/mol. The van der Waals surface area contributed by atoms with E-state index in [-0.39, 0.29) is 12.4 Å². The third kappa shape index (κ3) is 2.55. The number of nitrogens with zero attached hydrogens (tertiary/aromatic N) is 1. The minimum atomic E-state index is 0. The van der Waals surface area contributed by atoms with Crippen molar-refractivity contribution in [1.29, 1.82) is 0 Å². The Bertz CT molecular complexity index is 289. The Morgan fingerprint density at radius 1 is 1.14 bits per heavy atom. The average Bonchev–Trinajstić information content (AvgIpc) is 2.20. The number of aromatic nitrogens is 1. The summed E-state index contributed by atoms with van der Waals surface area (Å²) in [5, 5.41) is 0. The Hall–Kier alpha value is -0.890. The molecule has 0 bridgehead atoms. The molecule has 0 unspecified atom stereocenters. The summed E-state index contributed by atoms with van der Waals surface area (Å²) in [5.74, 6) is 1.01. The second kappa shape index (κ2) is 5.11. The quantitative estimate of drug-likeness (QED) is 0.715. The number of pyridine rings is 1. The first-order chi connectivity index (χ1) is 6.36. The summed E-state index contributed by atoms with van der Waals surface area (Å²) >= 11 is 0. The Kier molecular flexibility index (Phi) is 4.08. The van der Waals surface area contributed by atoms with Gasteiger partial charge in [0.2, 0.25) is 0 Å². The number of ketones is 1. The standard InChI is InChI=1S/C11H13NO.ClH/c13-11-3-1-9(2-4-11)10-5-7-12-8-6-10;/h5-9H,1-4H2;1H. The second-order valence-corrected chi connectivity index (χ2v) is 3.59. The number of carbonyl (C=O) groups is 1. The lowest BCUT2D eigenvalue weighted by Crippen LogP contribution is -2.12. The second-order valence-electron chi connectivity index (χ2n) is 3.59. The highest BCUT2D eigenvalue weighted by Gasteiger charge is 2.19. The van der Waals surface area contributed by atoms with Crippen LogP contribution in [-0.2, 0) is 4.79 Å². The summed E-state index contributed by atoms with van der Waals surface area (Å²) in [6, 6.07) is 4.11. The Morgan fingerprint density at radius 2 is 1.71 bits per heavy atom.